The lowest BCUT2D eigenvalue weighted by Gasteiger charge is -2.28. The highest BCUT2D eigenvalue weighted by molar-refractivity contribution is 6.35. The lowest BCUT2D eigenvalue weighted by Crippen LogP contribution is -2.37. The number of rotatable bonds is 10. The third-order valence-corrected chi connectivity index (χ3v) is 10.6. The molecule has 3 aromatic carbocycles. The number of hydrogen-bond donors (Lipinski definition) is 1. The van der Waals surface area contributed by atoms with Gasteiger partial charge < -0.3 is 23.9 Å². The minimum Gasteiger partial charge on any atom is -0.493 e. The zero-order valence-corrected chi connectivity index (χ0v) is 30.1. The quantitative estimate of drug-likeness (QED) is 0.148. The summed E-state index contributed by atoms with van der Waals surface area (Å²) in [7, 11) is 1.98. The Hall–Kier alpha value is -3.89. The maximum Gasteiger partial charge on any atom is 0.352 e. The second kappa shape index (κ2) is 15.2. The van der Waals surface area contributed by atoms with Crippen molar-refractivity contribution in [2.24, 2.45) is 7.05 Å². The number of carboxylic acids is 1. The number of aryl methyl sites for hydroxylation is 4. The number of ether oxygens (including phenoxy) is 3. The summed E-state index contributed by atoms with van der Waals surface area (Å²) in [5, 5.41) is 19.6. The van der Waals surface area contributed by atoms with Gasteiger partial charge in [-0.1, -0.05) is 60.5 Å². The van der Waals surface area contributed by atoms with Crippen LogP contribution < -0.4 is 4.74 Å². The van der Waals surface area contributed by atoms with Gasteiger partial charge in [0.15, 0.2) is 0 Å². The molecule has 7 rings (SSSR count). The van der Waals surface area contributed by atoms with Crippen LogP contribution in [0.2, 0.25) is 5.02 Å². The molecular formula is C40H47ClN4O5. The standard InChI is InChI=1S/C40H47ClN4O5/c1-4-32-36-35-31(41)15-14-30-29(10-8-22-49-33-11-7-9-27-25-26(2)12-13-28(27)33)39(40(46)47)45(38(30)35)17-5-6-21-50-34(37(36)42-43(32)3)16-18-44-19-23-48-24-20-44/h7,9,11-15,25,34H,4-6,8,10,16-24H2,1-3H3,(H,46,47)/t34-/m1/s1. The summed E-state index contributed by atoms with van der Waals surface area (Å²) in [6, 6.07) is 16.4. The highest BCUT2D eigenvalue weighted by Gasteiger charge is 2.32. The Kier molecular flexibility index (Phi) is 10.5. The first-order valence-corrected chi connectivity index (χ1v) is 18.4. The molecule has 1 fully saturated rings. The number of nitrogens with zero attached hydrogens (tertiary/aromatic N) is 4. The molecule has 1 N–H and O–H groups in total. The summed E-state index contributed by atoms with van der Waals surface area (Å²) in [6.45, 7) is 10.0. The van der Waals surface area contributed by atoms with E-state index >= 15 is 0 Å². The predicted octanol–water partition coefficient (Wildman–Crippen LogP) is 8.00. The van der Waals surface area contributed by atoms with Gasteiger partial charge in [0.2, 0.25) is 0 Å². The Morgan fingerprint density at radius 2 is 1.86 bits per heavy atom. The van der Waals surface area contributed by atoms with Gasteiger partial charge in [0, 0.05) is 67.4 Å². The van der Waals surface area contributed by atoms with E-state index < -0.39 is 5.97 Å². The maximum absolute atomic E-state index is 13.2. The first kappa shape index (κ1) is 34.6. The number of benzene rings is 3. The number of morpholine rings is 1. The normalized spacial score (nSPS) is 17.2. The van der Waals surface area contributed by atoms with Crippen LogP contribution in [0.25, 0.3) is 32.8 Å². The van der Waals surface area contributed by atoms with Gasteiger partial charge in [-0.15, -0.1) is 0 Å². The van der Waals surface area contributed by atoms with Crippen LogP contribution in [-0.2, 0) is 35.9 Å². The number of carbonyl (C=O) groups is 1. The van der Waals surface area contributed by atoms with Gasteiger partial charge in [-0.3, -0.25) is 9.58 Å². The van der Waals surface area contributed by atoms with E-state index in [0.29, 0.717) is 43.3 Å². The topological polar surface area (TPSA) is 91.0 Å². The van der Waals surface area contributed by atoms with Crippen molar-refractivity contribution in [1.29, 1.82) is 0 Å². The summed E-state index contributed by atoms with van der Waals surface area (Å²) >= 11 is 7.19. The molecule has 4 heterocycles. The predicted molar refractivity (Wildman–Crippen MR) is 198 cm³/mol. The van der Waals surface area contributed by atoms with Crippen molar-refractivity contribution in [2.45, 2.75) is 65.0 Å². The molecule has 2 aliphatic rings. The largest absolute Gasteiger partial charge is 0.493 e. The molecule has 0 saturated carbocycles. The molecule has 0 spiro atoms. The minimum atomic E-state index is -0.930. The van der Waals surface area contributed by atoms with Gasteiger partial charge in [-0.05, 0) is 68.5 Å². The van der Waals surface area contributed by atoms with E-state index in [2.05, 4.69) is 43.0 Å². The fraction of sp³-hybridized carbons (Fsp3) is 0.450. The fourth-order valence-corrected chi connectivity index (χ4v) is 8.14. The number of hydrogen-bond acceptors (Lipinski definition) is 6. The lowest BCUT2D eigenvalue weighted by atomic mass is 9.94. The first-order chi connectivity index (χ1) is 24.4. The van der Waals surface area contributed by atoms with E-state index in [9.17, 15) is 9.90 Å². The van der Waals surface area contributed by atoms with Gasteiger partial charge in [-0.25, -0.2) is 4.79 Å². The summed E-state index contributed by atoms with van der Waals surface area (Å²) in [5.41, 5.74) is 6.97. The highest BCUT2D eigenvalue weighted by atomic mass is 35.5. The minimum absolute atomic E-state index is 0.222. The van der Waals surface area contributed by atoms with Crippen LogP contribution in [0.3, 0.4) is 0 Å². The van der Waals surface area contributed by atoms with Crippen LogP contribution in [-0.4, -0.2) is 76.4 Å². The van der Waals surface area contributed by atoms with E-state index in [4.69, 9.17) is 30.9 Å². The molecule has 9 nitrogen and oxygen atoms in total. The molecule has 2 aromatic heterocycles. The Balaban J connectivity index is 1.28. The third-order valence-electron chi connectivity index (χ3n) is 10.3. The molecule has 1 saturated heterocycles. The van der Waals surface area contributed by atoms with Crippen LogP contribution in [0.1, 0.15) is 71.7 Å². The Morgan fingerprint density at radius 3 is 2.66 bits per heavy atom. The molecule has 10 heteroatoms. The summed E-state index contributed by atoms with van der Waals surface area (Å²) < 4.78 is 22.5. The van der Waals surface area contributed by atoms with Crippen LogP contribution in [0.4, 0.5) is 0 Å². The van der Waals surface area contributed by atoms with Gasteiger partial charge in [0.05, 0.1) is 36.1 Å². The SMILES string of the molecule is CCc1c2c(nn1C)[C@@H](CCN1CCOCC1)OCCCCn1c(C(=O)O)c(CCCOc3cccc4cc(C)ccc34)c3ccc(Cl)c-2c31. The highest BCUT2D eigenvalue weighted by Crippen LogP contribution is 2.45. The van der Waals surface area contributed by atoms with E-state index in [-0.39, 0.29) is 6.10 Å². The number of aromatic carboxylic acids is 1. The van der Waals surface area contributed by atoms with Crippen molar-refractivity contribution in [1.82, 2.24) is 19.2 Å². The van der Waals surface area contributed by atoms with Crippen LogP contribution in [0, 0.1) is 6.92 Å². The molecule has 5 aromatic rings. The maximum atomic E-state index is 13.2. The molecule has 0 radical (unpaired) electrons. The van der Waals surface area contributed by atoms with Crippen molar-refractivity contribution in [3.8, 4) is 16.9 Å². The van der Waals surface area contributed by atoms with E-state index in [1.165, 1.54) is 5.56 Å². The molecule has 0 aliphatic carbocycles. The molecule has 50 heavy (non-hydrogen) atoms. The Labute approximate surface area is 298 Å². The third kappa shape index (κ3) is 6.76. The smallest absolute Gasteiger partial charge is 0.352 e. The molecular weight excluding hydrogens is 652 g/mol. The summed E-state index contributed by atoms with van der Waals surface area (Å²) in [5.74, 6) is -0.0891. The van der Waals surface area contributed by atoms with Crippen molar-refractivity contribution in [3.63, 3.8) is 0 Å². The van der Waals surface area contributed by atoms with E-state index in [1.807, 2.05) is 40.6 Å². The van der Waals surface area contributed by atoms with Crippen LogP contribution in [0.5, 0.6) is 5.75 Å². The Bertz CT molecular complexity index is 2010. The van der Waals surface area contributed by atoms with Gasteiger partial charge in [0.25, 0.3) is 0 Å². The van der Waals surface area contributed by atoms with Gasteiger partial charge in [0.1, 0.15) is 17.5 Å². The van der Waals surface area contributed by atoms with Crippen LogP contribution in [0.15, 0.2) is 48.5 Å². The summed E-state index contributed by atoms with van der Waals surface area (Å²) in [4.78, 5) is 15.6. The van der Waals surface area contributed by atoms with Crippen molar-refractivity contribution in [2.75, 3.05) is 46.1 Å². The van der Waals surface area contributed by atoms with E-state index in [0.717, 1.165) is 114 Å². The Morgan fingerprint density at radius 1 is 1.04 bits per heavy atom. The molecule has 2 aliphatic heterocycles. The molecule has 0 bridgehead atoms. The number of halogens is 1. The van der Waals surface area contributed by atoms with E-state index in [1.54, 1.807) is 0 Å². The molecule has 0 amide bonds. The average molecular weight is 699 g/mol. The number of aromatic nitrogens is 3. The zero-order valence-electron chi connectivity index (χ0n) is 29.3. The van der Waals surface area contributed by atoms with Crippen molar-refractivity contribution in [3.05, 3.63) is 81.8 Å². The van der Waals surface area contributed by atoms with Crippen molar-refractivity contribution >= 4 is 39.2 Å². The molecule has 0 unspecified atom stereocenters. The number of carboxylic acid groups (broad SMARTS) is 1. The van der Waals surface area contributed by atoms with Crippen molar-refractivity contribution < 1.29 is 24.1 Å². The van der Waals surface area contributed by atoms with Gasteiger partial charge in [-0.2, -0.15) is 5.10 Å². The van der Waals surface area contributed by atoms with Gasteiger partial charge >= 0.3 is 5.97 Å². The second-order valence-electron chi connectivity index (χ2n) is 13.5. The average Bonchev–Trinajstić information content (AvgIpc) is 3.60. The number of fused-ring (bicyclic) bond motifs is 3. The first-order valence-electron chi connectivity index (χ1n) is 18.0. The van der Waals surface area contributed by atoms with Crippen LogP contribution >= 0.6 is 11.6 Å². The molecule has 1 atom stereocenters. The zero-order chi connectivity index (χ0) is 34.8. The molecule has 264 valence electrons. The lowest BCUT2D eigenvalue weighted by molar-refractivity contribution is 0.00974. The second-order valence-corrected chi connectivity index (χ2v) is 13.9. The summed E-state index contributed by atoms with van der Waals surface area (Å²) in [6.07, 6.45) is 4.12. The fourth-order valence-electron chi connectivity index (χ4n) is 7.89. The monoisotopic (exact) mass is 698 g/mol.